The van der Waals surface area contributed by atoms with Crippen molar-refractivity contribution in [2.45, 2.75) is 75.4 Å². The first-order valence-corrected chi connectivity index (χ1v) is 14.9. The van der Waals surface area contributed by atoms with Crippen LogP contribution in [-0.2, 0) is 26.2 Å². The molecule has 0 unspecified atom stereocenters. The Morgan fingerprint density at radius 2 is 1.84 bits per heavy atom. The monoisotopic (exact) mass is 589 g/mol. The van der Waals surface area contributed by atoms with Crippen molar-refractivity contribution in [3.8, 4) is 0 Å². The fourth-order valence-electron chi connectivity index (χ4n) is 4.95. The first-order valence-electron chi connectivity index (χ1n) is 12.7. The van der Waals surface area contributed by atoms with Crippen LogP contribution in [0.2, 0.25) is 0 Å². The lowest BCUT2D eigenvalue weighted by atomic mass is 9.95. The van der Waals surface area contributed by atoms with E-state index in [4.69, 9.17) is 0 Å². The molecule has 10 heteroatoms. The first kappa shape index (κ1) is 27.3. The summed E-state index contributed by atoms with van der Waals surface area (Å²) in [6.45, 7) is 1.86. The van der Waals surface area contributed by atoms with Crippen molar-refractivity contribution < 1.29 is 22.8 Å². The number of amides is 3. The number of sulfonamides is 1. The molecule has 1 atom stereocenters. The minimum Gasteiger partial charge on any atom is -0.352 e. The quantitative estimate of drug-likeness (QED) is 0.471. The fourth-order valence-corrected chi connectivity index (χ4v) is 7.01. The van der Waals surface area contributed by atoms with Gasteiger partial charge in [0.1, 0.15) is 10.9 Å². The zero-order chi connectivity index (χ0) is 26.6. The number of halogens is 1. The molecule has 8 nitrogen and oxygen atoms in total. The molecule has 1 heterocycles. The molecule has 2 aromatic carbocycles. The lowest BCUT2D eigenvalue weighted by Crippen LogP contribution is -2.50. The van der Waals surface area contributed by atoms with Gasteiger partial charge in [-0.25, -0.2) is 12.7 Å². The molecule has 198 valence electrons. The lowest BCUT2D eigenvalue weighted by molar-refractivity contribution is -0.141. The molecular weight excluding hydrogens is 558 g/mol. The van der Waals surface area contributed by atoms with E-state index in [0.29, 0.717) is 0 Å². The summed E-state index contributed by atoms with van der Waals surface area (Å²) in [4.78, 5) is 40.7. The third-order valence-electron chi connectivity index (χ3n) is 7.02. The van der Waals surface area contributed by atoms with Crippen LogP contribution in [0.15, 0.2) is 57.9 Å². The maximum Gasteiger partial charge on any atom is 0.269 e. The van der Waals surface area contributed by atoms with Crippen LogP contribution in [0.5, 0.6) is 0 Å². The number of rotatable bonds is 9. The van der Waals surface area contributed by atoms with E-state index >= 15 is 0 Å². The number of carbonyl (C=O) groups is 3. The molecule has 1 aliphatic carbocycles. The Morgan fingerprint density at radius 3 is 2.54 bits per heavy atom. The van der Waals surface area contributed by atoms with Crippen LogP contribution >= 0.6 is 15.9 Å². The summed E-state index contributed by atoms with van der Waals surface area (Å²) in [7, 11) is -3.92. The highest BCUT2D eigenvalue weighted by Crippen LogP contribution is 2.30. The van der Waals surface area contributed by atoms with Crippen molar-refractivity contribution in [1.82, 2.24) is 14.5 Å². The van der Waals surface area contributed by atoms with Crippen molar-refractivity contribution in [2.75, 3.05) is 6.54 Å². The number of benzene rings is 2. The zero-order valence-corrected chi connectivity index (χ0v) is 23.3. The molecule has 4 rings (SSSR count). The van der Waals surface area contributed by atoms with Gasteiger partial charge >= 0.3 is 0 Å². The molecule has 0 radical (unpaired) electrons. The van der Waals surface area contributed by atoms with Gasteiger partial charge < -0.3 is 10.2 Å². The highest BCUT2D eigenvalue weighted by atomic mass is 79.9. The Balaban J connectivity index is 1.43. The van der Waals surface area contributed by atoms with E-state index in [-0.39, 0.29) is 54.2 Å². The molecule has 1 saturated carbocycles. The van der Waals surface area contributed by atoms with Crippen LogP contribution in [0.3, 0.4) is 0 Å². The van der Waals surface area contributed by atoms with Crippen molar-refractivity contribution >= 4 is 43.7 Å². The average molecular weight is 591 g/mol. The standard InChI is InChI=1S/C27H32BrN3O5S/c1-19(26(33)29-22-11-3-2-4-12-22)30(18-20-9-7-10-21(28)17-20)25(32)15-8-16-31-27(34)23-13-5-6-14-24(23)37(31,35)36/h5-7,9-10,13-14,17,19,22H,2-4,8,11-12,15-16,18H2,1H3,(H,29,33)/t19-/m0/s1. The predicted molar refractivity (Wildman–Crippen MR) is 143 cm³/mol. The molecule has 1 aliphatic heterocycles. The summed E-state index contributed by atoms with van der Waals surface area (Å²) in [6, 6.07) is 13.1. The molecular formula is C27H32BrN3O5S. The van der Waals surface area contributed by atoms with Gasteiger partial charge in [-0.2, -0.15) is 0 Å². The zero-order valence-electron chi connectivity index (χ0n) is 20.9. The van der Waals surface area contributed by atoms with Crippen molar-refractivity contribution in [1.29, 1.82) is 0 Å². The van der Waals surface area contributed by atoms with Gasteiger partial charge in [0, 0.05) is 30.0 Å². The number of hydrogen-bond acceptors (Lipinski definition) is 5. The summed E-state index contributed by atoms with van der Waals surface area (Å²) in [5, 5.41) is 3.10. The van der Waals surface area contributed by atoms with Crippen molar-refractivity contribution in [3.05, 3.63) is 64.1 Å². The number of nitrogens with one attached hydrogen (secondary N) is 1. The molecule has 3 amide bonds. The summed E-state index contributed by atoms with van der Waals surface area (Å²) < 4.78 is 27.3. The Morgan fingerprint density at radius 1 is 1.11 bits per heavy atom. The topological polar surface area (TPSA) is 104 Å². The first-order chi connectivity index (χ1) is 17.7. The normalized spacial score (nSPS) is 17.8. The fraction of sp³-hybridized carbons (Fsp3) is 0.444. The van der Waals surface area contributed by atoms with Crippen LogP contribution in [0.1, 0.15) is 67.8 Å². The number of fused-ring (bicyclic) bond motifs is 1. The van der Waals surface area contributed by atoms with Gasteiger partial charge in [-0.15, -0.1) is 0 Å². The summed E-state index contributed by atoms with van der Waals surface area (Å²) in [6.07, 6.45) is 5.39. The van der Waals surface area contributed by atoms with Gasteiger partial charge in [-0.3, -0.25) is 14.4 Å². The van der Waals surface area contributed by atoms with E-state index in [1.165, 1.54) is 23.5 Å². The van der Waals surface area contributed by atoms with Gasteiger partial charge in [0.25, 0.3) is 15.9 Å². The third kappa shape index (κ3) is 6.23. The van der Waals surface area contributed by atoms with E-state index in [1.54, 1.807) is 19.1 Å². The molecule has 0 aromatic heterocycles. The molecule has 2 aliphatic rings. The molecule has 0 spiro atoms. The Bertz CT molecular complexity index is 1280. The minimum atomic E-state index is -3.92. The molecule has 1 N–H and O–H groups in total. The van der Waals surface area contributed by atoms with E-state index in [2.05, 4.69) is 21.2 Å². The van der Waals surface area contributed by atoms with Crippen molar-refractivity contribution in [2.24, 2.45) is 0 Å². The minimum absolute atomic E-state index is 0.00406. The number of hydrogen-bond donors (Lipinski definition) is 1. The third-order valence-corrected chi connectivity index (χ3v) is 9.36. The second-order valence-corrected chi connectivity index (χ2v) is 12.4. The lowest BCUT2D eigenvalue weighted by Gasteiger charge is -2.31. The molecule has 0 saturated heterocycles. The van der Waals surface area contributed by atoms with Crippen molar-refractivity contribution in [3.63, 3.8) is 0 Å². The highest BCUT2D eigenvalue weighted by molar-refractivity contribution is 9.10. The number of carbonyl (C=O) groups excluding carboxylic acids is 3. The molecule has 2 aromatic rings. The maximum atomic E-state index is 13.4. The van der Waals surface area contributed by atoms with Gasteiger partial charge in [0.05, 0.1) is 5.56 Å². The van der Waals surface area contributed by atoms with Crippen LogP contribution < -0.4 is 5.32 Å². The SMILES string of the molecule is C[C@@H](C(=O)NC1CCCCC1)N(Cc1cccc(Br)c1)C(=O)CCCN1C(=O)c2ccccc2S1(=O)=O. The van der Waals surface area contributed by atoms with Gasteiger partial charge in [0.15, 0.2) is 0 Å². The summed E-state index contributed by atoms with van der Waals surface area (Å²) in [5.41, 5.74) is 1.02. The largest absolute Gasteiger partial charge is 0.352 e. The van der Waals surface area contributed by atoms with E-state index in [9.17, 15) is 22.8 Å². The summed E-state index contributed by atoms with van der Waals surface area (Å²) in [5.74, 6) is -1.04. The van der Waals surface area contributed by atoms with Crippen LogP contribution in [0.4, 0.5) is 0 Å². The van der Waals surface area contributed by atoms with Crippen LogP contribution in [0.25, 0.3) is 0 Å². The molecule has 37 heavy (non-hydrogen) atoms. The highest BCUT2D eigenvalue weighted by Gasteiger charge is 2.40. The van der Waals surface area contributed by atoms with Crippen LogP contribution in [0, 0.1) is 0 Å². The average Bonchev–Trinajstić information content (AvgIpc) is 3.08. The maximum absolute atomic E-state index is 13.4. The van der Waals surface area contributed by atoms with Gasteiger partial charge in [-0.1, -0.05) is 59.5 Å². The van der Waals surface area contributed by atoms with Crippen LogP contribution in [-0.4, -0.2) is 54.0 Å². The van der Waals surface area contributed by atoms with E-state index in [0.717, 1.165) is 40.0 Å². The van der Waals surface area contributed by atoms with E-state index in [1.807, 2.05) is 24.3 Å². The second-order valence-electron chi connectivity index (χ2n) is 9.65. The Hall–Kier alpha value is -2.72. The van der Waals surface area contributed by atoms with Gasteiger partial charge in [-0.05, 0) is 56.0 Å². The second kappa shape index (κ2) is 11.8. The Kier molecular flexibility index (Phi) is 8.69. The summed E-state index contributed by atoms with van der Waals surface area (Å²) >= 11 is 3.45. The van der Waals surface area contributed by atoms with Gasteiger partial charge in [0.2, 0.25) is 11.8 Å². The smallest absolute Gasteiger partial charge is 0.269 e. The predicted octanol–water partition coefficient (Wildman–Crippen LogP) is 4.24. The molecule has 1 fully saturated rings. The van der Waals surface area contributed by atoms with E-state index < -0.39 is 22.0 Å². The molecule has 0 bridgehead atoms. The Labute approximate surface area is 226 Å². The number of nitrogens with zero attached hydrogens (tertiary/aromatic N) is 2.